The van der Waals surface area contributed by atoms with Crippen LogP contribution in [0.1, 0.15) is 44.7 Å². The molecule has 0 bridgehead atoms. The van der Waals surface area contributed by atoms with Crippen molar-refractivity contribution < 1.29 is 9.53 Å². The highest BCUT2D eigenvalue weighted by molar-refractivity contribution is 5.87. The van der Waals surface area contributed by atoms with Crippen LogP contribution in [0.4, 0.5) is 10.6 Å². The Morgan fingerprint density at radius 2 is 1.81 bits per heavy atom. The zero-order valence-electron chi connectivity index (χ0n) is 20.9. The number of carbonyl (C=O) groups excluding carboxylic acids is 1. The summed E-state index contributed by atoms with van der Waals surface area (Å²) in [5.74, 6) is 0.0499. The number of benzene rings is 2. The van der Waals surface area contributed by atoms with Crippen LogP contribution in [0.15, 0.2) is 65.6 Å². The molecule has 0 aliphatic carbocycles. The molecule has 8 nitrogen and oxygen atoms in total. The molecule has 8 heteroatoms. The number of hydrogen-bond acceptors (Lipinski definition) is 6. The second-order valence-electron chi connectivity index (χ2n) is 9.89. The fourth-order valence-electron chi connectivity index (χ4n) is 4.22. The Kier molecular flexibility index (Phi) is 7.51. The molecule has 1 aliphatic heterocycles. The quantitative estimate of drug-likeness (QED) is 0.578. The molecule has 1 aromatic heterocycles. The number of amides is 1. The second-order valence-corrected chi connectivity index (χ2v) is 9.89. The van der Waals surface area contributed by atoms with Crippen LogP contribution in [-0.4, -0.2) is 40.4 Å². The Hall–Kier alpha value is -3.96. The number of anilines is 1. The first kappa shape index (κ1) is 25.1. The highest BCUT2D eigenvalue weighted by Crippen LogP contribution is 2.25. The summed E-state index contributed by atoms with van der Waals surface area (Å²) < 4.78 is 7.33. The van der Waals surface area contributed by atoms with Crippen molar-refractivity contribution in [3.05, 3.63) is 82.3 Å². The van der Waals surface area contributed by atoms with Crippen molar-refractivity contribution in [3.8, 4) is 17.3 Å². The molecule has 1 N–H and O–H groups in total. The number of nitrogens with zero attached hydrogens (tertiary/aromatic N) is 4. The SMILES string of the molecule is CC(C)(C)OC(=O)N(c1nc(-c2ccc(C#N)cc2)cn(Cc2ccccc2)c1=O)C1CCNCC1. The number of carbonyl (C=O) groups is 1. The molecular weight excluding hydrogens is 454 g/mol. The van der Waals surface area contributed by atoms with Gasteiger partial charge in [-0.15, -0.1) is 0 Å². The minimum atomic E-state index is -0.726. The molecule has 0 spiro atoms. The van der Waals surface area contributed by atoms with E-state index in [-0.39, 0.29) is 17.4 Å². The lowest BCUT2D eigenvalue weighted by molar-refractivity contribution is 0.0557. The molecule has 2 aromatic carbocycles. The van der Waals surface area contributed by atoms with Crippen LogP contribution >= 0.6 is 0 Å². The average molecular weight is 486 g/mol. The van der Waals surface area contributed by atoms with Crippen molar-refractivity contribution in [2.75, 3.05) is 18.0 Å². The Bertz CT molecular complexity index is 1300. The predicted octanol–water partition coefficient (Wildman–Crippen LogP) is 4.32. The van der Waals surface area contributed by atoms with E-state index in [4.69, 9.17) is 9.72 Å². The van der Waals surface area contributed by atoms with Crippen molar-refractivity contribution in [1.29, 1.82) is 5.26 Å². The van der Waals surface area contributed by atoms with E-state index in [1.165, 1.54) is 4.90 Å². The Balaban J connectivity index is 1.87. The first-order chi connectivity index (χ1) is 17.2. The normalized spacial score (nSPS) is 14.2. The van der Waals surface area contributed by atoms with Gasteiger partial charge in [0.2, 0.25) is 5.82 Å². The summed E-state index contributed by atoms with van der Waals surface area (Å²) in [6, 6.07) is 18.6. The zero-order chi connectivity index (χ0) is 25.7. The number of hydrogen-bond donors (Lipinski definition) is 1. The molecule has 186 valence electrons. The maximum Gasteiger partial charge on any atom is 0.416 e. The van der Waals surface area contributed by atoms with E-state index < -0.39 is 11.7 Å². The minimum Gasteiger partial charge on any atom is -0.443 e. The van der Waals surface area contributed by atoms with Crippen LogP contribution in [-0.2, 0) is 11.3 Å². The number of rotatable bonds is 5. The number of aromatic nitrogens is 2. The van der Waals surface area contributed by atoms with Gasteiger partial charge < -0.3 is 14.6 Å². The molecule has 0 atom stereocenters. The summed E-state index contributed by atoms with van der Waals surface area (Å²) in [5, 5.41) is 12.5. The Morgan fingerprint density at radius 3 is 2.42 bits per heavy atom. The van der Waals surface area contributed by atoms with Gasteiger partial charge >= 0.3 is 6.09 Å². The zero-order valence-corrected chi connectivity index (χ0v) is 20.9. The van der Waals surface area contributed by atoms with Gasteiger partial charge in [0.1, 0.15) is 5.60 Å². The maximum absolute atomic E-state index is 13.8. The third-order valence-electron chi connectivity index (χ3n) is 5.95. The van der Waals surface area contributed by atoms with E-state index in [0.29, 0.717) is 30.6 Å². The minimum absolute atomic E-state index is 0.0499. The lowest BCUT2D eigenvalue weighted by Gasteiger charge is -2.35. The van der Waals surface area contributed by atoms with E-state index in [1.807, 2.05) is 30.3 Å². The van der Waals surface area contributed by atoms with Gasteiger partial charge in [-0.3, -0.25) is 9.69 Å². The lowest BCUT2D eigenvalue weighted by atomic mass is 10.0. The lowest BCUT2D eigenvalue weighted by Crippen LogP contribution is -2.50. The van der Waals surface area contributed by atoms with E-state index in [1.54, 1.807) is 55.8 Å². The third-order valence-corrected chi connectivity index (χ3v) is 5.95. The van der Waals surface area contributed by atoms with Gasteiger partial charge in [0, 0.05) is 17.8 Å². The highest BCUT2D eigenvalue weighted by Gasteiger charge is 2.34. The van der Waals surface area contributed by atoms with Crippen molar-refractivity contribution in [1.82, 2.24) is 14.9 Å². The van der Waals surface area contributed by atoms with Gasteiger partial charge in [-0.05, 0) is 64.4 Å². The molecular formula is C28H31N5O3. The smallest absolute Gasteiger partial charge is 0.416 e. The van der Waals surface area contributed by atoms with E-state index in [9.17, 15) is 14.9 Å². The van der Waals surface area contributed by atoms with Crippen LogP contribution in [0.2, 0.25) is 0 Å². The van der Waals surface area contributed by atoms with E-state index in [0.717, 1.165) is 24.2 Å². The van der Waals surface area contributed by atoms with E-state index in [2.05, 4.69) is 11.4 Å². The monoisotopic (exact) mass is 485 g/mol. The standard InChI is InChI=1S/C28H31N5O3/c1-28(2,3)36-27(35)33(23-13-15-30-16-14-23)25-26(34)32(18-21-7-5-4-6-8-21)19-24(31-25)22-11-9-20(17-29)10-12-22/h4-12,19,23,30H,13-16,18H2,1-3H3. The predicted molar refractivity (Wildman–Crippen MR) is 139 cm³/mol. The summed E-state index contributed by atoms with van der Waals surface area (Å²) in [6.07, 6.45) is 2.48. The summed E-state index contributed by atoms with van der Waals surface area (Å²) in [5.41, 5.74) is 1.67. The van der Waals surface area contributed by atoms with Crippen LogP contribution in [0, 0.1) is 11.3 Å². The Labute approximate surface area is 211 Å². The van der Waals surface area contributed by atoms with Gasteiger partial charge in [-0.25, -0.2) is 9.78 Å². The average Bonchev–Trinajstić information content (AvgIpc) is 2.86. The summed E-state index contributed by atoms with van der Waals surface area (Å²) in [7, 11) is 0. The van der Waals surface area contributed by atoms with Gasteiger partial charge in [-0.2, -0.15) is 5.26 Å². The highest BCUT2D eigenvalue weighted by atomic mass is 16.6. The fraction of sp³-hybridized carbons (Fsp3) is 0.357. The largest absolute Gasteiger partial charge is 0.443 e. The molecule has 0 radical (unpaired) electrons. The molecule has 1 saturated heterocycles. The molecule has 0 saturated carbocycles. The van der Waals surface area contributed by atoms with Crippen LogP contribution in [0.3, 0.4) is 0 Å². The number of nitrogens with one attached hydrogen (secondary N) is 1. The summed E-state index contributed by atoms with van der Waals surface area (Å²) in [6.45, 7) is 7.21. The molecule has 4 rings (SSSR count). The first-order valence-electron chi connectivity index (χ1n) is 12.1. The van der Waals surface area contributed by atoms with Crippen LogP contribution in [0.5, 0.6) is 0 Å². The van der Waals surface area contributed by atoms with Crippen molar-refractivity contribution in [3.63, 3.8) is 0 Å². The molecule has 1 aliphatic rings. The van der Waals surface area contributed by atoms with Crippen LogP contribution in [0.25, 0.3) is 11.3 Å². The summed E-state index contributed by atoms with van der Waals surface area (Å²) in [4.78, 5) is 33.4. The van der Waals surface area contributed by atoms with Gasteiger partial charge in [0.15, 0.2) is 0 Å². The molecule has 36 heavy (non-hydrogen) atoms. The number of piperidine rings is 1. The number of nitriles is 1. The topological polar surface area (TPSA) is 100 Å². The van der Waals surface area contributed by atoms with Crippen molar-refractivity contribution in [2.45, 2.75) is 51.8 Å². The third kappa shape index (κ3) is 5.99. The fourth-order valence-corrected chi connectivity index (χ4v) is 4.22. The van der Waals surface area contributed by atoms with Crippen molar-refractivity contribution >= 4 is 11.9 Å². The molecule has 2 heterocycles. The van der Waals surface area contributed by atoms with Crippen molar-refractivity contribution in [2.24, 2.45) is 0 Å². The maximum atomic E-state index is 13.8. The van der Waals surface area contributed by atoms with Gasteiger partial charge in [0.25, 0.3) is 5.56 Å². The molecule has 1 amide bonds. The van der Waals surface area contributed by atoms with Crippen LogP contribution < -0.4 is 15.8 Å². The Morgan fingerprint density at radius 1 is 1.14 bits per heavy atom. The molecule has 3 aromatic rings. The first-order valence-corrected chi connectivity index (χ1v) is 12.1. The van der Waals surface area contributed by atoms with Gasteiger partial charge in [0.05, 0.1) is 23.9 Å². The van der Waals surface area contributed by atoms with E-state index >= 15 is 0 Å². The van der Waals surface area contributed by atoms with Gasteiger partial charge in [-0.1, -0.05) is 42.5 Å². The molecule has 1 fully saturated rings. The summed E-state index contributed by atoms with van der Waals surface area (Å²) >= 11 is 0. The second kappa shape index (κ2) is 10.8. The number of ether oxygens (including phenoxy) is 1. The molecule has 0 unspecified atom stereocenters.